The van der Waals surface area contributed by atoms with Crippen LogP contribution in [0.25, 0.3) is 21.5 Å². The first-order valence-corrected chi connectivity index (χ1v) is 6.26. The molecule has 0 amide bonds. The molecule has 0 aliphatic carbocycles. The number of benzene rings is 3. The van der Waals surface area contributed by atoms with Gasteiger partial charge in [0, 0.05) is 15.2 Å². The summed E-state index contributed by atoms with van der Waals surface area (Å²) in [5.41, 5.74) is 1.05. The second kappa shape index (κ2) is 3.74. The molecule has 0 heterocycles. The van der Waals surface area contributed by atoms with E-state index < -0.39 is 0 Å². The van der Waals surface area contributed by atoms with Crippen LogP contribution in [-0.2, 0) is 0 Å². The lowest BCUT2D eigenvalue weighted by atomic mass is 10.0. The maximum absolute atomic E-state index is 10.0. The summed E-state index contributed by atoms with van der Waals surface area (Å²) in [6, 6.07) is 14.1. The van der Waals surface area contributed by atoms with Gasteiger partial charge in [0.05, 0.1) is 0 Å². The third kappa shape index (κ3) is 1.60. The lowest BCUT2D eigenvalue weighted by molar-refractivity contribution is 0.481. The highest BCUT2D eigenvalue weighted by Gasteiger charge is 2.08. The van der Waals surface area contributed by atoms with E-state index >= 15 is 0 Å². The molecule has 0 aromatic heterocycles. The van der Waals surface area contributed by atoms with E-state index in [9.17, 15) is 5.11 Å². The fourth-order valence-electron chi connectivity index (χ4n) is 2.19. The smallest absolute Gasteiger partial charge is 0.123 e. The lowest BCUT2D eigenvalue weighted by Crippen LogP contribution is -1.82. The van der Waals surface area contributed by atoms with Crippen LogP contribution in [-0.4, -0.2) is 5.11 Å². The Kier molecular flexibility index (Phi) is 2.33. The Morgan fingerprint density at radius 3 is 2.18 bits per heavy atom. The van der Waals surface area contributed by atoms with Gasteiger partial charge in [0.2, 0.25) is 0 Å². The molecule has 3 aromatic rings. The second-order valence-corrected chi connectivity index (χ2v) is 5.06. The molecule has 0 aliphatic rings. The van der Waals surface area contributed by atoms with Gasteiger partial charge >= 0.3 is 0 Å². The molecule has 0 unspecified atom stereocenters. The van der Waals surface area contributed by atoms with Gasteiger partial charge in [-0.1, -0.05) is 24.3 Å². The van der Waals surface area contributed by atoms with Crippen molar-refractivity contribution < 1.29 is 5.11 Å². The Morgan fingerprint density at radius 1 is 0.941 bits per heavy atom. The first kappa shape index (κ1) is 10.6. The Hall–Kier alpha value is -1.54. The monoisotopic (exact) mass is 286 g/mol. The predicted octanol–water partition coefficient (Wildman–Crippen LogP) is 4.77. The number of rotatable bonds is 0. The molecule has 17 heavy (non-hydrogen) atoms. The van der Waals surface area contributed by atoms with Gasteiger partial charge in [-0.3, -0.25) is 0 Å². The van der Waals surface area contributed by atoms with Crippen LogP contribution in [0.4, 0.5) is 0 Å². The highest BCUT2D eigenvalue weighted by atomic mass is 79.9. The van der Waals surface area contributed by atoms with Gasteiger partial charge in [-0.05, 0) is 57.4 Å². The molecule has 2 heteroatoms. The number of hydrogen-bond donors (Lipinski definition) is 1. The van der Waals surface area contributed by atoms with Crippen LogP contribution in [0.5, 0.6) is 5.75 Å². The Morgan fingerprint density at radius 2 is 1.53 bits per heavy atom. The minimum atomic E-state index is 0.339. The van der Waals surface area contributed by atoms with Gasteiger partial charge in [0.15, 0.2) is 0 Å². The maximum Gasteiger partial charge on any atom is 0.123 e. The van der Waals surface area contributed by atoms with Crippen molar-refractivity contribution in [2.75, 3.05) is 0 Å². The number of aromatic hydroxyl groups is 1. The molecule has 0 saturated carbocycles. The molecule has 0 bridgehead atoms. The van der Waals surface area contributed by atoms with Gasteiger partial charge in [0.1, 0.15) is 5.75 Å². The first-order chi connectivity index (χ1) is 8.16. The Balaban J connectivity index is 2.56. The highest BCUT2D eigenvalue weighted by molar-refractivity contribution is 9.10. The summed E-state index contributed by atoms with van der Waals surface area (Å²) >= 11 is 3.59. The highest BCUT2D eigenvalue weighted by Crippen LogP contribution is 2.36. The summed E-state index contributed by atoms with van der Waals surface area (Å²) in [6.07, 6.45) is 0. The number of halogens is 1. The van der Waals surface area contributed by atoms with Crippen molar-refractivity contribution in [3.8, 4) is 5.75 Å². The lowest BCUT2D eigenvalue weighted by Gasteiger charge is -2.08. The zero-order chi connectivity index (χ0) is 12.0. The van der Waals surface area contributed by atoms with Crippen molar-refractivity contribution in [3.05, 3.63) is 52.5 Å². The normalized spacial score (nSPS) is 11.2. The number of hydrogen-bond acceptors (Lipinski definition) is 1. The molecule has 1 nitrogen and oxygen atoms in total. The Labute approximate surface area is 108 Å². The van der Waals surface area contributed by atoms with E-state index in [0.717, 1.165) is 26.2 Å². The zero-order valence-corrected chi connectivity index (χ0v) is 11.0. The van der Waals surface area contributed by atoms with Gasteiger partial charge in [-0.2, -0.15) is 0 Å². The molecular formula is C15H11BrO. The van der Waals surface area contributed by atoms with Crippen LogP contribution in [0.3, 0.4) is 0 Å². The predicted molar refractivity (Wildman–Crippen MR) is 75.6 cm³/mol. The quantitative estimate of drug-likeness (QED) is 0.590. The van der Waals surface area contributed by atoms with Crippen LogP contribution in [0.2, 0.25) is 0 Å². The summed E-state index contributed by atoms with van der Waals surface area (Å²) < 4.78 is 1.05. The largest absolute Gasteiger partial charge is 0.507 e. The molecule has 0 spiro atoms. The van der Waals surface area contributed by atoms with Crippen LogP contribution in [0, 0.1) is 6.92 Å². The molecule has 3 rings (SSSR count). The molecule has 0 radical (unpaired) electrons. The minimum absolute atomic E-state index is 0.339. The Bertz CT molecular complexity index is 732. The average molecular weight is 287 g/mol. The summed E-state index contributed by atoms with van der Waals surface area (Å²) in [5.74, 6) is 0.339. The summed E-state index contributed by atoms with van der Waals surface area (Å²) in [4.78, 5) is 0. The molecule has 3 aromatic carbocycles. The maximum atomic E-state index is 10.0. The molecule has 1 N–H and O–H groups in total. The van der Waals surface area contributed by atoms with E-state index in [1.807, 2.05) is 25.1 Å². The van der Waals surface area contributed by atoms with E-state index in [-0.39, 0.29) is 0 Å². The number of phenolic OH excluding ortho intramolecular Hbond substituents is 1. The summed E-state index contributed by atoms with van der Waals surface area (Å²) in [6.45, 7) is 1.98. The van der Waals surface area contributed by atoms with Crippen molar-refractivity contribution in [2.45, 2.75) is 6.92 Å². The second-order valence-electron chi connectivity index (χ2n) is 4.27. The van der Waals surface area contributed by atoms with Crippen molar-refractivity contribution in [1.29, 1.82) is 0 Å². The van der Waals surface area contributed by atoms with Crippen molar-refractivity contribution in [1.82, 2.24) is 0 Å². The third-order valence-corrected chi connectivity index (χ3v) is 4.15. The topological polar surface area (TPSA) is 20.2 Å². The van der Waals surface area contributed by atoms with E-state index in [4.69, 9.17) is 0 Å². The number of phenols is 1. The number of fused-ring (bicyclic) bond motifs is 2. The minimum Gasteiger partial charge on any atom is -0.507 e. The summed E-state index contributed by atoms with van der Waals surface area (Å²) in [7, 11) is 0. The molecule has 0 saturated heterocycles. The van der Waals surface area contributed by atoms with Crippen LogP contribution in [0.1, 0.15) is 5.56 Å². The van der Waals surface area contributed by atoms with Crippen molar-refractivity contribution in [2.24, 2.45) is 0 Å². The van der Waals surface area contributed by atoms with Crippen LogP contribution in [0.15, 0.2) is 46.9 Å². The molecule has 0 atom stereocenters. The van der Waals surface area contributed by atoms with Gasteiger partial charge in [-0.25, -0.2) is 0 Å². The number of aryl methyl sites for hydroxylation is 1. The van der Waals surface area contributed by atoms with Crippen molar-refractivity contribution >= 4 is 37.5 Å². The summed E-state index contributed by atoms with van der Waals surface area (Å²) in [5, 5.41) is 14.3. The first-order valence-electron chi connectivity index (χ1n) is 5.47. The van der Waals surface area contributed by atoms with Gasteiger partial charge < -0.3 is 5.11 Å². The molecule has 0 fully saturated rings. The molecule has 0 aliphatic heterocycles. The van der Waals surface area contributed by atoms with E-state index in [1.165, 1.54) is 5.39 Å². The SMILES string of the molecule is Cc1cc(O)c2cc3ccccc3cc2c1Br. The van der Waals surface area contributed by atoms with E-state index in [1.54, 1.807) is 6.07 Å². The molecular weight excluding hydrogens is 276 g/mol. The zero-order valence-electron chi connectivity index (χ0n) is 9.37. The third-order valence-electron chi connectivity index (χ3n) is 3.10. The van der Waals surface area contributed by atoms with E-state index in [2.05, 4.69) is 34.1 Å². The van der Waals surface area contributed by atoms with Crippen molar-refractivity contribution in [3.63, 3.8) is 0 Å². The van der Waals surface area contributed by atoms with Crippen LogP contribution >= 0.6 is 15.9 Å². The average Bonchev–Trinajstić information content (AvgIpc) is 2.34. The van der Waals surface area contributed by atoms with Gasteiger partial charge in [-0.15, -0.1) is 0 Å². The van der Waals surface area contributed by atoms with Gasteiger partial charge in [0.25, 0.3) is 0 Å². The fourth-order valence-corrected chi connectivity index (χ4v) is 2.63. The van der Waals surface area contributed by atoms with Crippen LogP contribution < -0.4 is 0 Å². The van der Waals surface area contributed by atoms with E-state index in [0.29, 0.717) is 5.75 Å². The standard InChI is InChI=1S/C15H11BrO/c1-9-6-14(17)12-7-10-4-2-3-5-11(10)8-13(12)15(9)16/h2-8,17H,1H3. The molecule has 84 valence electrons. The fraction of sp³-hybridized carbons (Fsp3) is 0.0667.